The van der Waals surface area contributed by atoms with E-state index in [0.29, 0.717) is 28.2 Å². The molecule has 0 fully saturated rings. The lowest BCUT2D eigenvalue weighted by Gasteiger charge is -2.31. The number of benzene rings is 1. The van der Waals surface area contributed by atoms with E-state index in [4.69, 9.17) is 16.3 Å². The molecule has 0 bridgehead atoms. The smallest absolute Gasteiger partial charge is 0.336 e. The van der Waals surface area contributed by atoms with Crippen molar-refractivity contribution < 1.29 is 14.3 Å². The van der Waals surface area contributed by atoms with Crippen LogP contribution in [0.2, 0.25) is 0 Å². The highest BCUT2D eigenvalue weighted by Gasteiger charge is 2.38. The van der Waals surface area contributed by atoms with Crippen molar-refractivity contribution in [1.82, 2.24) is 10.3 Å². The minimum absolute atomic E-state index is 0.0766. The second-order valence-electron chi connectivity index (χ2n) is 6.68. The molecule has 2 aromatic rings. The zero-order chi connectivity index (χ0) is 20.8. The summed E-state index contributed by atoms with van der Waals surface area (Å²) in [7, 11) is 0. The number of halogens is 1. The molecule has 1 aromatic heterocycles. The van der Waals surface area contributed by atoms with Crippen LogP contribution < -0.4 is 5.32 Å². The number of carbonyl (C=O) groups is 2. The largest absolute Gasteiger partial charge is 0.463 e. The first kappa shape index (κ1) is 20.8. The number of carbonyl (C=O) groups excluding carboxylic acids is 2. The zero-order valence-corrected chi connectivity index (χ0v) is 17.2. The number of aromatic nitrogens is 1. The summed E-state index contributed by atoms with van der Waals surface area (Å²) < 4.78 is 5.29. The van der Waals surface area contributed by atoms with Gasteiger partial charge in [-0.3, -0.25) is 9.78 Å². The van der Waals surface area contributed by atoms with Crippen molar-refractivity contribution in [2.45, 2.75) is 26.2 Å². The molecule has 6 heteroatoms. The van der Waals surface area contributed by atoms with Gasteiger partial charge in [0.2, 0.25) is 0 Å². The van der Waals surface area contributed by atoms with Crippen LogP contribution in [0.3, 0.4) is 0 Å². The molecule has 2 heterocycles. The van der Waals surface area contributed by atoms with Gasteiger partial charge in [0.25, 0.3) is 0 Å². The molecule has 1 unspecified atom stereocenters. The summed E-state index contributed by atoms with van der Waals surface area (Å²) in [6.45, 7) is 3.79. The molecule has 150 valence electrons. The van der Waals surface area contributed by atoms with E-state index in [-0.39, 0.29) is 24.7 Å². The third kappa shape index (κ3) is 4.57. The zero-order valence-electron chi connectivity index (χ0n) is 16.4. The number of ether oxygens (including phenoxy) is 1. The second kappa shape index (κ2) is 9.52. The van der Waals surface area contributed by atoms with Crippen LogP contribution in [-0.2, 0) is 20.7 Å². The summed E-state index contributed by atoms with van der Waals surface area (Å²) in [5, 5.41) is 3.15. The predicted octanol–water partition coefficient (Wildman–Crippen LogP) is 3.91. The van der Waals surface area contributed by atoms with E-state index in [2.05, 4.69) is 10.3 Å². The van der Waals surface area contributed by atoms with Crippen molar-refractivity contribution in [3.63, 3.8) is 0 Å². The minimum atomic E-state index is -0.638. The average molecular weight is 411 g/mol. The number of dihydropyridines is 1. The van der Waals surface area contributed by atoms with E-state index in [1.54, 1.807) is 19.2 Å². The fraction of sp³-hybridized carbons (Fsp3) is 0.261. The van der Waals surface area contributed by atoms with Crippen molar-refractivity contribution >= 4 is 23.4 Å². The Hall–Kier alpha value is -2.92. The Morgan fingerprint density at radius 1 is 1.10 bits per heavy atom. The van der Waals surface area contributed by atoms with Crippen LogP contribution in [0, 0.1) is 0 Å². The summed E-state index contributed by atoms with van der Waals surface area (Å²) in [4.78, 5) is 30.6. The highest BCUT2D eigenvalue weighted by atomic mass is 35.5. The lowest BCUT2D eigenvalue weighted by atomic mass is 9.79. The van der Waals surface area contributed by atoms with Gasteiger partial charge in [0.15, 0.2) is 5.78 Å². The standard InChI is InChI=1S/C23H23ClN2O3/c1-3-29-23(28)22-18(14-24)26-15(2)20(21(22)17-11-7-8-12-25-17)19(27)13-16-9-5-4-6-10-16/h4-12,21,26H,3,13-14H2,1-2H3. The number of esters is 1. The number of Topliss-reactive ketones (excluding diaryl/α,β-unsaturated/α-hetero) is 1. The summed E-state index contributed by atoms with van der Waals surface area (Å²) in [5.74, 6) is -1.12. The fourth-order valence-electron chi connectivity index (χ4n) is 3.54. The number of nitrogens with one attached hydrogen (secondary N) is 1. The summed E-state index contributed by atoms with van der Waals surface area (Å²) in [6, 6.07) is 15.0. The van der Waals surface area contributed by atoms with Gasteiger partial charge in [-0.05, 0) is 31.5 Å². The molecule has 29 heavy (non-hydrogen) atoms. The Morgan fingerprint density at radius 2 is 1.83 bits per heavy atom. The molecule has 0 spiro atoms. The number of hydrogen-bond donors (Lipinski definition) is 1. The van der Waals surface area contributed by atoms with Gasteiger partial charge in [-0.2, -0.15) is 0 Å². The van der Waals surface area contributed by atoms with E-state index in [1.807, 2.05) is 49.4 Å². The van der Waals surface area contributed by atoms with Gasteiger partial charge in [0.05, 0.1) is 29.7 Å². The van der Waals surface area contributed by atoms with Crippen molar-refractivity contribution in [3.05, 3.63) is 88.5 Å². The second-order valence-corrected chi connectivity index (χ2v) is 6.95. The molecule has 1 atom stereocenters. The minimum Gasteiger partial charge on any atom is -0.463 e. The molecule has 5 nitrogen and oxygen atoms in total. The maximum atomic E-state index is 13.3. The number of nitrogens with zero attached hydrogens (tertiary/aromatic N) is 1. The molecule has 1 aromatic carbocycles. The van der Waals surface area contributed by atoms with Crippen LogP contribution in [0.1, 0.15) is 31.0 Å². The van der Waals surface area contributed by atoms with Crippen LogP contribution in [-0.4, -0.2) is 29.2 Å². The molecule has 1 aliphatic heterocycles. The first-order chi connectivity index (χ1) is 14.1. The van der Waals surface area contributed by atoms with Crippen molar-refractivity contribution in [2.75, 3.05) is 12.5 Å². The molecule has 0 saturated carbocycles. The Balaban J connectivity index is 2.10. The van der Waals surface area contributed by atoms with Crippen LogP contribution in [0.25, 0.3) is 0 Å². The number of pyridine rings is 1. The van der Waals surface area contributed by atoms with Crippen LogP contribution in [0.4, 0.5) is 0 Å². The van der Waals surface area contributed by atoms with Crippen molar-refractivity contribution in [3.8, 4) is 0 Å². The van der Waals surface area contributed by atoms with E-state index in [9.17, 15) is 9.59 Å². The van der Waals surface area contributed by atoms with E-state index in [1.165, 1.54) is 0 Å². The fourth-order valence-corrected chi connectivity index (χ4v) is 3.75. The number of rotatable bonds is 7. The first-order valence-corrected chi connectivity index (χ1v) is 10.0. The van der Waals surface area contributed by atoms with Gasteiger partial charge in [-0.25, -0.2) is 4.79 Å². The van der Waals surface area contributed by atoms with Crippen LogP contribution in [0.15, 0.2) is 77.3 Å². The molecule has 1 aliphatic rings. The van der Waals surface area contributed by atoms with E-state index in [0.717, 1.165) is 5.56 Å². The monoisotopic (exact) mass is 410 g/mol. The normalized spacial score (nSPS) is 16.4. The Labute approximate surface area is 175 Å². The number of hydrogen-bond acceptors (Lipinski definition) is 5. The van der Waals surface area contributed by atoms with Gasteiger partial charge < -0.3 is 10.1 Å². The quantitative estimate of drug-likeness (QED) is 0.553. The molecular formula is C23H23ClN2O3. The van der Waals surface area contributed by atoms with Crippen molar-refractivity contribution in [2.24, 2.45) is 0 Å². The van der Waals surface area contributed by atoms with E-state index >= 15 is 0 Å². The Morgan fingerprint density at radius 3 is 2.45 bits per heavy atom. The van der Waals surface area contributed by atoms with Gasteiger partial charge in [0, 0.05) is 29.6 Å². The number of ketones is 1. The number of alkyl halides is 1. The van der Waals surface area contributed by atoms with Gasteiger partial charge in [0.1, 0.15) is 0 Å². The molecule has 0 saturated heterocycles. The highest BCUT2D eigenvalue weighted by Crippen LogP contribution is 2.39. The summed E-state index contributed by atoms with van der Waals surface area (Å²) in [6.07, 6.45) is 1.87. The molecular weight excluding hydrogens is 388 g/mol. The van der Waals surface area contributed by atoms with Gasteiger partial charge in [-0.15, -0.1) is 11.6 Å². The maximum absolute atomic E-state index is 13.3. The molecule has 0 radical (unpaired) electrons. The van der Waals surface area contributed by atoms with Crippen LogP contribution >= 0.6 is 11.6 Å². The molecule has 0 aliphatic carbocycles. The SMILES string of the molecule is CCOC(=O)C1=C(CCl)NC(C)=C(C(=O)Cc2ccccc2)C1c1ccccn1. The van der Waals surface area contributed by atoms with E-state index < -0.39 is 11.9 Å². The first-order valence-electron chi connectivity index (χ1n) is 9.48. The van der Waals surface area contributed by atoms with Crippen LogP contribution in [0.5, 0.6) is 0 Å². The predicted molar refractivity (Wildman–Crippen MR) is 112 cm³/mol. The molecule has 1 N–H and O–H groups in total. The lowest BCUT2D eigenvalue weighted by molar-refractivity contribution is -0.138. The third-order valence-corrected chi connectivity index (χ3v) is 5.03. The highest BCUT2D eigenvalue weighted by molar-refractivity contribution is 6.20. The van der Waals surface area contributed by atoms with Gasteiger partial charge >= 0.3 is 5.97 Å². The molecule has 3 rings (SSSR count). The molecule has 0 amide bonds. The Kier molecular flexibility index (Phi) is 6.83. The average Bonchev–Trinajstić information content (AvgIpc) is 2.74. The third-order valence-electron chi connectivity index (χ3n) is 4.77. The summed E-state index contributed by atoms with van der Waals surface area (Å²) >= 11 is 6.14. The van der Waals surface area contributed by atoms with Gasteiger partial charge in [-0.1, -0.05) is 36.4 Å². The maximum Gasteiger partial charge on any atom is 0.336 e. The lowest BCUT2D eigenvalue weighted by Crippen LogP contribution is -2.34. The van der Waals surface area contributed by atoms with Crippen molar-refractivity contribution in [1.29, 1.82) is 0 Å². The number of allylic oxidation sites excluding steroid dienone is 3. The summed E-state index contributed by atoms with van der Waals surface area (Å²) in [5.41, 5.74) is 3.56. The Bertz CT molecular complexity index is 953. The topological polar surface area (TPSA) is 68.3 Å².